The summed E-state index contributed by atoms with van der Waals surface area (Å²) in [6.45, 7) is 2.58. The number of anilines is 1. The largest absolute Gasteiger partial charge is 0.481 e. The fourth-order valence-corrected chi connectivity index (χ4v) is 2.85. The van der Waals surface area contributed by atoms with Crippen LogP contribution in [-0.2, 0) is 9.59 Å². The topological polar surface area (TPSA) is 57.6 Å². The van der Waals surface area contributed by atoms with Gasteiger partial charge in [0.25, 0.3) is 0 Å². The van der Waals surface area contributed by atoms with Crippen LogP contribution in [0.3, 0.4) is 0 Å². The van der Waals surface area contributed by atoms with E-state index in [1.54, 1.807) is 16.7 Å². The number of hydrogen-bond acceptors (Lipinski definition) is 3. The lowest BCUT2D eigenvalue weighted by atomic mass is 10.2. The minimum absolute atomic E-state index is 0.0488. The first-order valence-corrected chi connectivity index (χ1v) is 8.45. The molecule has 1 aromatic carbocycles. The van der Waals surface area contributed by atoms with Gasteiger partial charge in [-0.1, -0.05) is 31.5 Å². The molecule has 21 heavy (non-hydrogen) atoms. The molecule has 0 fully saturated rings. The van der Waals surface area contributed by atoms with Crippen molar-refractivity contribution in [2.75, 3.05) is 23.0 Å². The lowest BCUT2D eigenvalue weighted by Gasteiger charge is -2.22. The van der Waals surface area contributed by atoms with Gasteiger partial charge in [0.15, 0.2) is 0 Å². The van der Waals surface area contributed by atoms with E-state index in [9.17, 15) is 9.59 Å². The van der Waals surface area contributed by atoms with Crippen LogP contribution in [0.5, 0.6) is 0 Å². The number of carboxylic acid groups (broad SMARTS) is 1. The van der Waals surface area contributed by atoms with Crippen molar-refractivity contribution in [1.29, 1.82) is 0 Å². The van der Waals surface area contributed by atoms with Crippen LogP contribution in [0, 0.1) is 0 Å². The van der Waals surface area contributed by atoms with Crippen molar-refractivity contribution in [1.82, 2.24) is 0 Å². The number of rotatable bonds is 10. The van der Waals surface area contributed by atoms with Gasteiger partial charge in [0.05, 0.1) is 5.75 Å². The minimum atomic E-state index is -0.826. The monoisotopic (exact) mass is 309 g/mol. The molecule has 0 saturated heterocycles. The third-order valence-electron chi connectivity index (χ3n) is 3.01. The average Bonchev–Trinajstić information content (AvgIpc) is 2.48. The number of para-hydroxylation sites is 1. The molecule has 116 valence electrons. The Morgan fingerprint density at radius 3 is 2.52 bits per heavy atom. The molecule has 1 aromatic rings. The highest BCUT2D eigenvalue weighted by Gasteiger charge is 2.15. The zero-order valence-electron chi connectivity index (χ0n) is 12.5. The first kappa shape index (κ1) is 17.6. The lowest BCUT2D eigenvalue weighted by Crippen LogP contribution is -2.33. The second-order valence-electron chi connectivity index (χ2n) is 4.78. The molecule has 0 aromatic heterocycles. The summed E-state index contributed by atoms with van der Waals surface area (Å²) in [7, 11) is 0. The Morgan fingerprint density at radius 1 is 1.19 bits per heavy atom. The highest BCUT2D eigenvalue weighted by molar-refractivity contribution is 7.99. The molecular weight excluding hydrogens is 286 g/mol. The Balaban J connectivity index is 2.58. The number of carboxylic acids is 1. The van der Waals surface area contributed by atoms with Crippen LogP contribution in [0.1, 0.15) is 32.6 Å². The van der Waals surface area contributed by atoms with Gasteiger partial charge in [-0.15, -0.1) is 0 Å². The van der Waals surface area contributed by atoms with Crippen molar-refractivity contribution in [3.05, 3.63) is 30.3 Å². The Bertz CT molecular complexity index is 436. The van der Waals surface area contributed by atoms with Crippen LogP contribution >= 0.6 is 11.8 Å². The van der Waals surface area contributed by atoms with Gasteiger partial charge in [-0.3, -0.25) is 9.59 Å². The molecule has 0 heterocycles. The number of amides is 1. The summed E-state index contributed by atoms with van der Waals surface area (Å²) in [5, 5.41) is 8.73. The van der Waals surface area contributed by atoms with E-state index >= 15 is 0 Å². The van der Waals surface area contributed by atoms with Crippen molar-refractivity contribution >= 4 is 29.3 Å². The smallest absolute Gasteiger partial charge is 0.303 e. The van der Waals surface area contributed by atoms with Gasteiger partial charge in [0.1, 0.15) is 0 Å². The van der Waals surface area contributed by atoms with Crippen LogP contribution in [0.25, 0.3) is 0 Å². The van der Waals surface area contributed by atoms with Crippen molar-refractivity contribution in [2.45, 2.75) is 32.6 Å². The van der Waals surface area contributed by atoms with Gasteiger partial charge in [-0.2, -0.15) is 11.8 Å². The number of carbonyl (C=O) groups is 2. The normalized spacial score (nSPS) is 10.3. The molecular formula is C16H23NO3S. The molecule has 1 amide bonds. The second kappa shape index (κ2) is 10.3. The lowest BCUT2D eigenvalue weighted by molar-refractivity contribution is -0.137. The van der Waals surface area contributed by atoms with E-state index < -0.39 is 5.97 Å². The van der Waals surface area contributed by atoms with Crippen LogP contribution in [0.15, 0.2) is 30.3 Å². The number of unbranched alkanes of at least 4 members (excludes halogenated alkanes) is 1. The Morgan fingerprint density at radius 2 is 1.90 bits per heavy atom. The summed E-state index contributed by atoms with van der Waals surface area (Å²) in [4.78, 5) is 24.7. The Kier molecular flexibility index (Phi) is 8.59. The van der Waals surface area contributed by atoms with Crippen molar-refractivity contribution in [3.63, 3.8) is 0 Å². The first-order valence-electron chi connectivity index (χ1n) is 7.30. The molecule has 1 N–H and O–H groups in total. The summed E-state index contributed by atoms with van der Waals surface area (Å²) >= 11 is 1.64. The highest BCUT2D eigenvalue weighted by atomic mass is 32.2. The van der Waals surface area contributed by atoms with E-state index in [0.717, 1.165) is 24.3 Å². The second-order valence-corrected chi connectivity index (χ2v) is 5.89. The van der Waals surface area contributed by atoms with Crippen molar-refractivity contribution in [3.8, 4) is 0 Å². The van der Waals surface area contributed by atoms with Gasteiger partial charge in [-0.25, -0.2) is 0 Å². The maximum Gasteiger partial charge on any atom is 0.303 e. The summed E-state index contributed by atoms with van der Waals surface area (Å²) < 4.78 is 0. The van der Waals surface area contributed by atoms with Gasteiger partial charge >= 0.3 is 5.97 Å². The average molecular weight is 309 g/mol. The van der Waals surface area contributed by atoms with E-state index in [2.05, 4.69) is 6.92 Å². The van der Waals surface area contributed by atoms with Crippen molar-refractivity contribution < 1.29 is 14.7 Å². The highest BCUT2D eigenvalue weighted by Crippen LogP contribution is 2.16. The zero-order valence-corrected chi connectivity index (χ0v) is 13.3. The van der Waals surface area contributed by atoms with E-state index in [4.69, 9.17) is 5.11 Å². The molecule has 4 nitrogen and oxygen atoms in total. The predicted octanol–water partition coefficient (Wildman–Crippen LogP) is 3.42. The molecule has 1 rings (SSSR count). The number of carbonyl (C=O) groups excluding carboxylic acids is 1. The number of hydrogen-bond donors (Lipinski definition) is 1. The van der Waals surface area contributed by atoms with Crippen LogP contribution in [-0.4, -0.2) is 35.0 Å². The molecule has 0 radical (unpaired) electrons. The van der Waals surface area contributed by atoms with Crippen LogP contribution < -0.4 is 4.90 Å². The van der Waals surface area contributed by atoms with Crippen molar-refractivity contribution in [2.24, 2.45) is 0 Å². The van der Waals surface area contributed by atoms with Crippen LogP contribution in [0.2, 0.25) is 0 Å². The molecule has 0 aliphatic heterocycles. The number of aliphatic carboxylic acids is 1. The van der Waals surface area contributed by atoms with E-state index in [-0.39, 0.29) is 12.3 Å². The van der Waals surface area contributed by atoms with Gasteiger partial charge in [0.2, 0.25) is 5.91 Å². The minimum Gasteiger partial charge on any atom is -0.481 e. The van der Waals surface area contributed by atoms with E-state index in [1.165, 1.54) is 0 Å². The Hall–Kier alpha value is -1.49. The molecule has 0 spiro atoms. The summed E-state index contributed by atoms with van der Waals surface area (Å²) in [6.07, 6.45) is 2.79. The first-order chi connectivity index (χ1) is 10.1. The summed E-state index contributed by atoms with van der Waals surface area (Å²) in [5.41, 5.74) is 0.837. The molecule has 0 atom stereocenters. The van der Waals surface area contributed by atoms with E-state index in [0.29, 0.717) is 18.7 Å². The quantitative estimate of drug-likeness (QED) is 0.673. The molecule has 0 saturated carbocycles. The van der Waals surface area contributed by atoms with Gasteiger partial charge in [-0.05, 0) is 30.7 Å². The molecule has 0 aliphatic carbocycles. The van der Waals surface area contributed by atoms with Gasteiger partial charge < -0.3 is 10.0 Å². The molecule has 0 bridgehead atoms. The predicted molar refractivity (Wildman–Crippen MR) is 87.9 cm³/mol. The fourth-order valence-electron chi connectivity index (χ4n) is 1.88. The third-order valence-corrected chi connectivity index (χ3v) is 4.04. The maximum absolute atomic E-state index is 12.3. The SMILES string of the molecule is CCCCSCC(=O)N(CCCC(=O)O)c1ccccc1. The van der Waals surface area contributed by atoms with E-state index in [1.807, 2.05) is 30.3 Å². The number of benzene rings is 1. The number of thioether (sulfide) groups is 1. The zero-order chi connectivity index (χ0) is 15.5. The Labute approximate surface area is 130 Å². The standard InChI is InChI=1S/C16H23NO3S/c1-2-3-12-21-13-15(18)17(11-7-10-16(19)20)14-8-5-4-6-9-14/h4-6,8-9H,2-3,7,10-13H2,1H3,(H,19,20). The van der Waals surface area contributed by atoms with Crippen LogP contribution in [0.4, 0.5) is 5.69 Å². The summed E-state index contributed by atoms with van der Waals surface area (Å²) in [6, 6.07) is 9.44. The summed E-state index contributed by atoms with van der Waals surface area (Å²) in [5.74, 6) is 0.655. The fraction of sp³-hybridized carbons (Fsp3) is 0.500. The maximum atomic E-state index is 12.3. The molecule has 0 unspecified atom stereocenters. The number of nitrogens with zero attached hydrogens (tertiary/aromatic N) is 1. The third kappa shape index (κ3) is 7.18. The molecule has 0 aliphatic rings. The van der Waals surface area contributed by atoms with Gasteiger partial charge in [0, 0.05) is 18.7 Å². The molecule has 5 heteroatoms.